The molecule has 1 heterocycles. The van der Waals surface area contributed by atoms with E-state index in [4.69, 9.17) is 4.74 Å². The summed E-state index contributed by atoms with van der Waals surface area (Å²) in [6.07, 6.45) is 2.51. The number of hydrogen-bond acceptors (Lipinski definition) is 4. The zero-order chi connectivity index (χ0) is 17.8. The Kier molecular flexibility index (Phi) is 4.75. The molecule has 1 aromatic heterocycles. The second-order valence-corrected chi connectivity index (χ2v) is 6.27. The molecule has 0 saturated carbocycles. The van der Waals surface area contributed by atoms with Gasteiger partial charge in [0, 0.05) is 19.0 Å². The highest BCUT2D eigenvalue weighted by Gasteiger charge is 2.08. The summed E-state index contributed by atoms with van der Waals surface area (Å²) in [6, 6.07) is 20.9. The summed E-state index contributed by atoms with van der Waals surface area (Å²) in [5, 5.41) is 7.07. The van der Waals surface area contributed by atoms with Gasteiger partial charge >= 0.3 is 0 Å². The van der Waals surface area contributed by atoms with Crippen LogP contribution in [0.4, 0.5) is 5.82 Å². The van der Waals surface area contributed by atoms with E-state index in [1.54, 1.807) is 13.4 Å². The van der Waals surface area contributed by atoms with Crippen LogP contribution in [0.5, 0.6) is 0 Å². The van der Waals surface area contributed by atoms with Gasteiger partial charge in [-0.3, -0.25) is 0 Å². The highest BCUT2D eigenvalue weighted by Crippen LogP contribution is 2.24. The molecule has 0 atom stereocenters. The van der Waals surface area contributed by atoms with Gasteiger partial charge in [0.25, 0.3) is 0 Å². The number of para-hydroxylation sites is 1. The predicted octanol–water partition coefficient (Wildman–Crippen LogP) is 4.58. The molecule has 0 radical (unpaired) electrons. The minimum atomic E-state index is 0.622. The minimum absolute atomic E-state index is 0.622. The maximum absolute atomic E-state index is 5.40. The summed E-state index contributed by atoms with van der Waals surface area (Å²) in [4.78, 5) is 8.73. The van der Waals surface area contributed by atoms with Crippen molar-refractivity contribution in [2.75, 3.05) is 19.0 Å². The van der Waals surface area contributed by atoms with Crippen molar-refractivity contribution in [1.82, 2.24) is 9.97 Å². The Hall–Kier alpha value is -2.98. The number of nitrogens with zero attached hydrogens (tertiary/aromatic N) is 2. The second-order valence-electron chi connectivity index (χ2n) is 6.27. The van der Waals surface area contributed by atoms with Crippen molar-refractivity contribution in [3.05, 3.63) is 78.1 Å². The van der Waals surface area contributed by atoms with Crippen LogP contribution in [-0.2, 0) is 17.8 Å². The molecule has 0 unspecified atom stereocenters. The van der Waals surface area contributed by atoms with Crippen molar-refractivity contribution in [3.8, 4) is 0 Å². The van der Waals surface area contributed by atoms with Crippen LogP contribution in [0.15, 0.2) is 67.0 Å². The lowest BCUT2D eigenvalue weighted by Gasteiger charge is -2.14. The number of nitrogens with one attached hydrogen (secondary N) is 1. The van der Waals surface area contributed by atoms with Crippen molar-refractivity contribution in [1.29, 1.82) is 0 Å². The van der Waals surface area contributed by atoms with E-state index in [1.165, 1.54) is 21.9 Å². The number of rotatable bonds is 6. The molecule has 4 heteroatoms. The van der Waals surface area contributed by atoms with Gasteiger partial charge in [0.05, 0.1) is 12.1 Å². The first kappa shape index (κ1) is 16.5. The largest absolute Gasteiger partial charge is 0.380 e. The van der Waals surface area contributed by atoms with E-state index in [2.05, 4.69) is 51.7 Å². The Bertz CT molecular complexity index is 1040. The monoisotopic (exact) mass is 343 g/mol. The van der Waals surface area contributed by atoms with Crippen molar-refractivity contribution in [2.24, 2.45) is 0 Å². The Balaban J connectivity index is 1.60. The number of ether oxygens (including phenoxy) is 1. The lowest BCUT2D eigenvalue weighted by molar-refractivity contribution is 0.184. The first-order chi connectivity index (χ1) is 12.9. The van der Waals surface area contributed by atoms with E-state index in [0.717, 1.165) is 29.7 Å². The van der Waals surface area contributed by atoms with Crippen molar-refractivity contribution < 1.29 is 4.74 Å². The normalized spacial score (nSPS) is 11.1. The number of benzene rings is 3. The van der Waals surface area contributed by atoms with Crippen molar-refractivity contribution >= 4 is 27.5 Å². The van der Waals surface area contributed by atoms with Gasteiger partial charge in [0.2, 0.25) is 0 Å². The van der Waals surface area contributed by atoms with Gasteiger partial charge in [-0.2, -0.15) is 0 Å². The van der Waals surface area contributed by atoms with Crippen LogP contribution in [0.1, 0.15) is 11.1 Å². The fraction of sp³-hybridized carbons (Fsp3) is 0.182. The Morgan fingerprint density at radius 3 is 2.58 bits per heavy atom. The lowest BCUT2D eigenvalue weighted by Crippen LogP contribution is -2.09. The number of anilines is 1. The van der Waals surface area contributed by atoms with E-state index < -0.39 is 0 Å². The van der Waals surface area contributed by atoms with Crippen molar-refractivity contribution in [2.45, 2.75) is 13.0 Å². The highest BCUT2D eigenvalue weighted by atomic mass is 16.5. The average molecular weight is 343 g/mol. The van der Waals surface area contributed by atoms with E-state index >= 15 is 0 Å². The van der Waals surface area contributed by atoms with Gasteiger partial charge in [-0.1, -0.05) is 48.5 Å². The van der Waals surface area contributed by atoms with Crippen LogP contribution < -0.4 is 5.32 Å². The second kappa shape index (κ2) is 7.50. The smallest absolute Gasteiger partial charge is 0.137 e. The van der Waals surface area contributed by atoms with Gasteiger partial charge in [-0.25, -0.2) is 9.97 Å². The average Bonchev–Trinajstić information content (AvgIpc) is 2.69. The molecule has 3 aromatic carbocycles. The zero-order valence-corrected chi connectivity index (χ0v) is 14.8. The van der Waals surface area contributed by atoms with E-state index in [1.807, 2.05) is 24.3 Å². The van der Waals surface area contributed by atoms with Crippen LogP contribution in [-0.4, -0.2) is 23.6 Å². The molecule has 1 N–H and O–H groups in total. The minimum Gasteiger partial charge on any atom is -0.380 e. The SMILES string of the molecule is COCc1ccc2ccccc2c1CCNc1ncnc2ccccc12. The lowest BCUT2D eigenvalue weighted by atomic mass is 9.97. The zero-order valence-electron chi connectivity index (χ0n) is 14.8. The molecule has 4 aromatic rings. The van der Waals surface area contributed by atoms with Gasteiger partial charge in [-0.05, 0) is 40.5 Å². The molecular formula is C22H21N3O. The van der Waals surface area contributed by atoms with Gasteiger partial charge in [0.15, 0.2) is 0 Å². The van der Waals surface area contributed by atoms with Crippen LogP contribution in [0.2, 0.25) is 0 Å². The van der Waals surface area contributed by atoms with E-state index in [-0.39, 0.29) is 0 Å². The van der Waals surface area contributed by atoms with Crippen molar-refractivity contribution in [3.63, 3.8) is 0 Å². The fourth-order valence-corrected chi connectivity index (χ4v) is 3.42. The summed E-state index contributed by atoms with van der Waals surface area (Å²) in [5.74, 6) is 0.879. The molecule has 0 aliphatic carbocycles. The molecule has 26 heavy (non-hydrogen) atoms. The number of aromatic nitrogens is 2. The molecule has 0 amide bonds. The van der Waals surface area contributed by atoms with Gasteiger partial charge in [-0.15, -0.1) is 0 Å². The molecule has 0 saturated heterocycles. The Morgan fingerprint density at radius 2 is 1.69 bits per heavy atom. The molecule has 0 aliphatic rings. The summed E-state index contributed by atoms with van der Waals surface area (Å²) in [5.41, 5.74) is 3.52. The summed E-state index contributed by atoms with van der Waals surface area (Å²) in [7, 11) is 1.74. The Labute approximate surface area is 152 Å². The Morgan fingerprint density at radius 1 is 0.885 bits per heavy atom. The third kappa shape index (κ3) is 3.24. The molecular weight excluding hydrogens is 322 g/mol. The maximum Gasteiger partial charge on any atom is 0.137 e. The molecule has 130 valence electrons. The standard InChI is InChI=1S/C22H21N3O/c1-26-14-17-11-10-16-6-2-3-7-18(16)19(17)12-13-23-22-20-8-4-5-9-21(20)24-15-25-22/h2-11,15H,12-14H2,1H3,(H,23,24,25). The summed E-state index contributed by atoms with van der Waals surface area (Å²) >= 11 is 0. The molecule has 0 fully saturated rings. The summed E-state index contributed by atoms with van der Waals surface area (Å²) in [6.45, 7) is 1.42. The molecule has 0 bridgehead atoms. The number of methoxy groups -OCH3 is 1. The van der Waals surface area contributed by atoms with Crippen LogP contribution >= 0.6 is 0 Å². The van der Waals surface area contributed by atoms with Crippen LogP contribution in [0.25, 0.3) is 21.7 Å². The quantitative estimate of drug-likeness (QED) is 0.556. The van der Waals surface area contributed by atoms with E-state index in [9.17, 15) is 0 Å². The van der Waals surface area contributed by atoms with Gasteiger partial charge < -0.3 is 10.1 Å². The number of hydrogen-bond donors (Lipinski definition) is 1. The molecule has 0 aliphatic heterocycles. The topological polar surface area (TPSA) is 47.0 Å². The first-order valence-electron chi connectivity index (χ1n) is 8.79. The maximum atomic E-state index is 5.40. The molecule has 4 nitrogen and oxygen atoms in total. The molecule has 0 spiro atoms. The molecule has 4 rings (SSSR count). The summed E-state index contributed by atoms with van der Waals surface area (Å²) < 4.78 is 5.40. The van der Waals surface area contributed by atoms with Crippen LogP contribution in [0.3, 0.4) is 0 Å². The van der Waals surface area contributed by atoms with Gasteiger partial charge in [0.1, 0.15) is 12.1 Å². The third-order valence-corrected chi connectivity index (χ3v) is 4.65. The predicted molar refractivity (Wildman–Crippen MR) is 106 cm³/mol. The van der Waals surface area contributed by atoms with E-state index in [0.29, 0.717) is 6.61 Å². The third-order valence-electron chi connectivity index (χ3n) is 4.65. The highest BCUT2D eigenvalue weighted by molar-refractivity contribution is 5.89. The first-order valence-corrected chi connectivity index (χ1v) is 8.79. The fourth-order valence-electron chi connectivity index (χ4n) is 3.42. The van der Waals surface area contributed by atoms with Crippen LogP contribution in [0, 0.1) is 0 Å². The number of fused-ring (bicyclic) bond motifs is 2.